The summed E-state index contributed by atoms with van der Waals surface area (Å²) in [6, 6.07) is 13.6. The van der Waals surface area contributed by atoms with E-state index in [4.69, 9.17) is 0 Å². The molecule has 1 aliphatic rings. The van der Waals surface area contributed by atoms with Crippen LogP contribution in [-0.2, 0) is 6.54 Å². The number of benzene rings is 2. The Bertz CT molecular complexity index is 1160. The van der Waals surface area contributed by atoms with Crippen molar-refractivity contribution in [3.63, 3.8) is 0 Å². The Morgan fingerprint density at radius 2 is 1.88 bits per heavy atom. The molecule has 32 heavy (non-hydrogen) atoms. The van der Waals surface area contributed by atoms with E-state index in [9.17, 15) is 19.8 Å². The third-order valence-corrected chi connectivity index (χ3v) is 6.74. The number of aromatic nitrogens is 2. The number of aromatic hydroxyl groups is 1. The highest BCUT2D eigenvalue weighted by atomic mass is 32.1. The maximum absolute atomic E-state index is 11.7. The first-order valence-corrected chi connectivity index (χ1v) is 11.5. The lowest BCUT2D eigenvalue weighted by Crippen LogP contribution is -2.43. The molecular formula is C23H28N4O4S. The van der Waals surface area contributed by atoms with Gasteiger partial charge in [0.1, 0.15) is 5.75 Å². The highest BCUT2D eigenvalue weighted by Crippen LogP contribution is 2.23. The molecule has 8 nitrogen and oxygen atoms in total. The van der Waals surface area contributed by atoms with E-state index < -0.39 is 6.10 Å². The number of aliphatic hydroxyl groups excluding tert-OH is 1. The number of rotatable bonds is 7. The number of aliphatic hydroxyl groups is 1. The van der Waals surface area contributed by atoms with Crippen molar-refractivity contribution in [3.05, 3.63) is 79.3 Å². The molecule has 4 N–H and O–H groups in total. The Labute approximate surface area is 189 Å². The van der Waals surface area contributed by atoms with E-state index in [1.54, 1.807) is 12.1 Å². The number of phenolic OH excluding ortho intramolecular Hbond substituents is 1. The predicted octanol–water partition coefficient (Wildman–Crippen LogP) is 1.95. The molecule has 2 aromatic carbocycles. The third-order valence-electron chi connectivity index (χ3n) is 5.96. The zero-order valence-corrected chi connectivity index (χ0v) is 18.8. The van der Waals surface area contributed by atoms with Gasteiger partial charge in [0.15, 0.2) is 0 Å². The van der Waals surface area contributed by atoms with Crippen molar-refractivity contribution < 1.29 is 10.2 Å². The van der Waals surface area contributed by atoms with E-state index in [2.05, 4.69) is 27.3 Å². The van der Waals surface area contributed by atoms with Gasteiger partial charge in [-0.3, -0.25) is 9.78 Å². The molecular weight excluding hydrogens is 428 g/mol. The molecule has 4 rings (SSSR count). The molecule has 9 heteroatoms. The molecule has 170 valence electrons. The van der Waals surface area contributed by atoms with Gasteiger partial charge in [-0.15, -0.1) is 0 Å². The molecule has 0 saturated carbocycles. The summed E-state index contributed by atoms with van der Waals surface area (Å²) in [6.07, 6.45) is 1.36. The van der Waals surface area contributed by atoms with Gasteiger partial charge in [0, 0.05) is 42.9 Å². The maximum atomic E-state index is 11.7. The van der Waals surface area contributed by atoms with Crippen LogP contribution in [0.1, 0.15) is 35.6 Å². The molecule has 0 amide bonds. The van der Waals surface area contributed by atoms with Gasteiger partial charge in [0.2, 0.25) is 0 Å². The van der Waals surface area contributed by atoms with Crippen molar-refractivity contribution >= 4 is 17.2 Å². The van der Waals surface area contributed by atoms with Crippen LogP contribution >= 0.6 is 11.5 Å². The number of anilines is 1. The average molecular weight is 457 g/mol. The van der Waals surface area contributed by atoms with Crippen LogP contribution in [0.15, 0.2) is 52.1 Å². The zero-order valence-electron chi connectivity index (χ0n) is 18.0. The number of phenols is 1. The molecule has 1 fully saturated rings. The number of hydrogen-bond acceptors (Lipinski definition) is 7. The molecule has 0 radical (unpaired) electrons. The van der Waals surface area contributed by atoms with Gasteiger partial charge < -0.3 is 20.4 Å². The standard InChI is InChI=1S/C23H28N4O4S/c1-15-12-17(4-7-20(15)28)21(29)13-24-18-8-10-26(11-9-18)19-5-2-16(3-6-19)14-27-22(30)25-23(31)32-27/h2-7,12,18,21,24,28-29H,8-11,13-14H2,1H3,(H,25,30,31)/t21-/m0/s1. The lowest BCUT2D eigenvalue weighted by atomic mass is 10.0. The summed E-state index contributed by atoms with van der Waals surface area (Å²) in [5.41, 5.74) is 3.31. The summed E-state index contributed by atoms with van der Waals surface area (Å²) in [5.74, 6) is 0.241. The Balaban J connectivity index is 1.26. The lowest BCUT2D eigenvalue weighted by Gasteiger charge is -2.34. The summed E-state index contributed by atoms with van der Waals surface area (Å²) in [6.45, 7) is 4.53. The topological polar surface area (TPSA) is 111 Å². The molecule has 2 heterocycles. The van der Waals surface area contributed by atoms with E-state index in [0.29, 0.717) is 19.1 Å². The lowest BCUT2D eigenvalue weighted by molar-refractivity contribution is 0.167. The number of nitrogens with zero attached hydrogens (tertiary/aromatic N) is 2. The van der Waals surface area contributed by atoms with E-state index in [-0.39, 0.29) is 16.3 Å². The van der Waals surface area contributed by atoms with Crippen LogP contribution in [0.2, 0.25) is 0 Å². The van der Waals surface area contributed by atoms with Gasteiger partial charge in [-0.25, -0.2) is 8.75 Å². The quantitative estimate of drug-likeness (QED) is 0.433. The average Bonchev–Trinajstić information content (AvgIpc) is 3.11. The van der Waals surface area contributed by atoms with Gasteiger partial charge in [-0.1, -0.05) is 18.2 Å². The summed E-state index contributed by atoms with van der Waals surface area (Å²) in [4.78, 5) is 27.2. The van der Waals surface area contributed by atoms with Crippen molar-refractivity contribution in [2.45, 2.75) is 38.5 Å². The highest BCUT2D eigenvalue weighted by Gasteiger charge is 2.20. The fourth-order valence-electron chi connectivity index (χ4n) is 4.02. The monoisotopic (exact) mass is 456 g/mol. The second-order valence-electron chi connectivity index (χ2n) is 8.24. The van der Waals surface area contributed by atoms with Gasteiger partial charge in [0.25, 0.3) is 0 Å². The van der Waals surface area contributed by atoms with E-state index in [0.717, 1.165) is 59.8 Å². The maximum Gasteiger partial charge on any atom is 0.338 e. The summed E-state index contributed by atoms with van der Waals surface area (Å²) in [7, 11) is 0. The minimum absolute atomic E-state index is 0.241. The van der Waals surface area contributed by atoms with Crippen LogP contribution in [0.5, 0.6) is 5.75 Å². The van der Waals surface area contributed by atoms with Gasteiger partial charge in [0.05, 0.1) is 12.6 Å². The molecule has 1 saturated heterocycles. The van der Waals surface area contributed by atoms with Crippen molar-refractivity contribution in [1.82, 2.24) is 14.3 Å². The van der Waals surface area contributed by atoms with Crippen molar-refractivity contribution in [2.75, 3.05) is 24.5 Å². The number of aromatic amines is 1. The van der Waals surface area contributed by atoms with Crippen molar-refractivity contribution in [1.29, 1.82) is 0 Å². The Kier molecular flexibility index (Phi) is 6.78. The Morgan fingerprint density at radius 1 is 1.16 bits per heavy atom. The second-order valence-corrected chi connectivity index (χ2v) is 9.24. The number of H-pyrrole nitrogens is 1. The molecule has 3 aromatic rings. The number of piperidine rings is 1. The zero-order chi connectivity index (χ0) is 22.7. The first kappa shape index (κ1) is 22.3. The van der Waals surface area contributed by atoms with E-state index >= 15 is 0 Å². The molecule has 0 aliphatic carbocycles. The fourth-order valence-corrected chi connectivity index (χ4v) is 4.70. The highest BCUT2D eigenvalue weighted by molar-refractivity contribution is 7.03. The van der Waals surface area contributed by atoms with Gasteiger partial charge in [-0.2, -0.15) is 0 Å². The van der Waals surface area contributed by atoms with Crippen LogP contribution < -0.4 is 20.8 Å². The predicted molar refractivity (Wildman–Crippen MR) is 126 cm³/mol. The Hall–Kier alpha value is -2.88. The van der Waals surface area contributed by atoms with Crippen LogP contribution in [-0.4, -0.2) is 44.8 Å². The summed E-state index contributed by atoms with van der Waals surface area (Å²) < 4.78 is 1.42. The smallest absolute Gasteiger partial charge is 0.338 e. The minimum Gasteiger partial charge on any atom is -0.508 e. The Morgan fingerprint density at radius 3 is 2.50 bits per heavy atom. The normalized spacial score (nSPS) is 15.8. The largest absolute Gasteiger partial charge is 0.508 e. The van der Waals surface area contributed by atoms with Crippen LogP contribution in [0, 0.1) is 6.92 Å². The van der Waals surface area contributed by atoms with E-state index in [1.807, 2.05) is 25.1 Å². The minimum atomic E-state index is -0.606. The second kappa shape index (κ2) is 9.72. The summed E-state index contributed by atoms with van der Waals surface area (Å²) >= 11 is 0.895. The van der Waals surface area contributed by atoms with Crippen molar-refractivity contribution in [3.8, 4) is 5.75 Å². The molecule has 1 aromatic heterocycles. The van der Waals surface area contributed by atoms with E-state index in [1.165, 1.54) is 3.96 Å². The SMILES string of the molecule is Cc1cc([C@@H](O)CNC2CCN(c3ccc(Cn4sc(=O)[nH]c4=O)cc3)CC2)ccc1O. The summed E-state index contributed by atoms with van der Waals surface area (Å²) in [5, 5.41) is 23.6. The van der Waals surface area contributed by atoms with Crippen LogP contribution in [0.4, 0.5) is 5.69 Å². The fraction of sp³-hybridized carbons (Fsp3) is 0.391. The first-order valence-electron chi connectivity index (χ1n) is 10.7. The number of hydrogen-bond donors (Lipinski definition) is 4. The van der Waals surface area contributed by atoms with Crippen molar-refractivity contribution in [2.24, 2.45) is 0 Å². The number of aryl methyl sites for hydroxylation is 1. The number of nitrogens with one attached hydrogen (secondary N) is 2. The van der Waals surface area contributed by atoms with Gasteiger partial charge >= 0.3 is 10.6 Å². The van der Waals surface area contributed by atoms with Crippen LogP contribution in [0.3, 0.4) is 0 Å². The molecule has 1 atom stereocenters. The molecule has 0 spiro atoms. The first-order chi connectivity index (χ1) is 15.4. The molecule has 0 bridgehead atoms. The van der Waals surface area contributed by atoms with Crippen LogP contribution in [0.25, 0.3) is 0 Å². The molecule has 1 aliphatic heterocycles. The molecule has 0 unspecified atom stereocenters. The van der Waals surface area contributed by atoms with Gasteiger partial charge in [-0.05, 0) is 60.7 Å². The third kappa shape index (κ3) is 5.29.